The number of allylic oxidation sites excluding steroid dienone is 22. The first-order valence-corrected chi connectivity index (χ1v) is 15.8. The fourth-order valence-corrected chi connectivity index (χ4v) is 5.79. The zero-order chi connectivity index (χ0) is 31.8. The molecule has 0 aromatic rings. The predicted octanol–water partition coefficient (Wildman–Crippen LogP) is 13.4. The number of hydrogen-bond donors (Lipinski definition) is 0. The Hall–Kier alpha value is -3.12. The monoisotopic (exact) mass is 564 g/mol. The molecule has 228 valence electrons. The molecule has 0 fully saturated rings. The van der Waals surface area contributed by atoms with Crippen LogP contribution in [0.2, 0.25) is 0 Å². The second-order valence-electron chi connectivity index (χ2n) is 13.3. The van der Waals surface area contributed by atoms with Gasteiger partial charge in [-0.05, 0) is 102 Å². The van der Waals surface area contributed by atoms with Crippen molar-refractivity contribution in [3.05, 3.63) is 143 Å². The van der Waals surface area contributed by atoms with Crippen LogP contribution in [0, 0.1) is 10.8 Å². The van der Waals surface area contributed by atoms with E-state index >= 15 is 0 Å². The second kappa shape index (κ2) is 18.4. The first kappa shape index (κ1) is 36.9. The molecule has 0 unspecified atom stereocenters. The molecule has 2 aliphatic carbocycles. The highest BCUT2D eigenvalue weighted by molar-refractivity contribution is 5.39. The molecule has 0 saturated heterocycles. The van der Waals surface area contributed by atoms with Gasteiger partial charge in [-0.25, -0.2) is 0 Å². The third-order valence-electron chi connectivity index (χ3n) is 8.38. The van der Waals surface area contributed by atoms with Crippen LogP contribution < -0.4 is 0 Å². The summed E-state index contributed by atoms with van der Waals surface area (Å²) in [5, 5.41) is 0. The van der Waals surface area contributed by atoms with E-state index in [2.05, 4.69) is 167 Å². The highest BCUT2D eigenvalue weighted by atomic mass is 14.3. The van der Waals surface area contributed by atoms with Gasteiger partial charge in [0.15, 0.2) is 0 Å². The Balaban J connectivity index is 0.00000431. The van der Waals surface area contributed by atoms with Crippen molar-refractivity contribution in [1.29, 1.82) is 0 Å². The lowest BCUT2D eigenvalue weighted by molar-refractivity contribution is 0.376. The van der Waals surface area contributed by atoms with E-state index in [-0.39, 0.29) is 0 Å². The van der Waals surface area contributed by atoms with E-state index in [1.165, 1.54) is 72.0 Å². The Morgan fingerprint density at radius 2 is 0.833 bits per heavy atom. The van der Waals surface area contributed by atoms with Crippen LogP contribution in [-0.4, -0.2) is 0 Å². The molecule has 2 aliphatic rings. The zero-order valence-electron chi connectivity index (χ0n) is 28.7. The van der Waals surface area contributed by atoms with Crippen LogP contribution >= 0.6 is 0 Å². The molecule has 0 heteroatoms. The van der Waals surface area contributed by atoms with Crippen LogP contribution in [0.5, 0.6) is 0 Å². The van der Waals surface area contributed by atoms with Crippen molar-refractivity contribution in [2.75, 3.05) is 0 Å². The van der Waals surface area contributed by atoms with Crippen LogP contribution in [0.25, 0.3) is 0 Å². The van der Waals surface area contributed by atoms with Crippen molar-refractivity contribution in [2.24, 2.45) is 10.8 Å². The molecule has 0 aromatic carbocycles. The lowest BCUT2D eigenvalue weighted by atomic mass is 9.72. The summed E-state index contributed by atoms with van der Waals surface area (Å²) in [5.41, 5.74) is 11.7. The summed E-state index contributed by atoms with van der Waals surface area (Å²) in [6.45, 7) is 28.7. The molecule has 0 aromatic heterocycles. The maximum atomic E-state index is 3.00. The molecule has 0 aliphatic heterocycles. The summed E-state index contributed by atoms with van der Waals surface area (Å²) in [4.78, 5) is 0. The molecule has 2 rings (SSSR count). The van der Waals surface area contributed by atoms with Crippen LogP contribution in [0.1, 0.15) is 108 Å². The van der Waals surface area contributed by atoms with E-state index in [0.29, 0.717) is 10.8 Å². The average molecular weight is 565 g/mol. The van der Waals surface area contributed by atoms with Crippen LogP contribution in [-0.2, 0) is 0 Å². The van der Waals surface area contributed by atoms with Crippen LogP contribution in [0.3, 0.4) is 0 Å². The molecule has 0 radical (unpaired) electrons. The summed E-state index contributed by atoms with van der Waals surface area (Å²) < 4.78 is 0. The van der Waals surface area contributed by atoms with Gasteiger partial charge in [0.1, 0.15) is 0 Å². The second-order valence-corrected chi connectivity index (χ2v) is 13.3. The molecular formula is C42H60. The maximum Gasteiger partial charge on any atom is -0.0104 e. The molecule has 0 atom stereocenters. The molecule has 0 spiro atoms. The molecule has 0 saturated carbocycles. The third-order valence-corrected chi connectivity index (χ3v) is 8.38. The number of rotatable bonds is 10. The van der Waals surface area contributed by atoms with E-state index < -0.39 is 0 Å². The first-order chi connectivity index (χ1) is 19.8. The van der Waals surface area contributed by atoms with Crippen molar-refractivity contribution < 1.29 is 0 Å². The Bertz CT molecular complexity index is 1130. The highest BCUT2D eigenvalue weighted by Crippen LogP contribution is 2.41. The van der Waals surface area contributed by atoms with Gasteiger partial charge in [-0.15, -0.1) is 13.2 Å². The SMILES string of the molecule is C=C.CC1=C(/C=C/C(C)=C/C=C/C(C)=C/C=C/C=C(C)/C=C/C=C(C)/C=C/C2=C(C)CCCC2(C)C)C(C)(C)CCC1. The fourth-order valence-electron chi connectivity index (χ4n) is 5.79. The van der Waals surface area contributed by atoms with Gasteiger partial charge in [0, 0.05) is 0 Å². The van der Waals surface area contributed by atoms with Gasteiger partial charge in [-0.1, -0.05) is 146 Å². The summed E-state index contributed by atoms with van der Waals surface area (Å²) in [5.74, 6) is 0. The molecule has 42 heavy (non-hydrogen) atoms. The zero-order valence-corrected chi connectivity index (χ0v) is 28.7. The van der Waals surface area contributed by atoms with Crippen molar-refractivity contribution in [3.8, 4) is 0 Å². The van der Waals surface area contributed by atoms with Crippen molar-refractivity contribution >= 4 is 0 Å². The van der Waals surface area contributed by atoms with Gasteiger partial charge in [-0.3, -0.25) is 0 Å². The van der Waals surface area contributed by atoms with E-state index in [1.807, 2.05) is 0 Å². The van der Waals surface area contributed by atoms with Gasteiger partial charge in [-0.2, -0.15) is 0 Å². The summed E-state index contributed by atoms with van der Waals surface area (Å²) in [7, 11) is 0. The minimum absolute atomic E-state index is 0.291. The van der Waals surface area contributed by atoms with Crippen molar-refractivity contribution in [2.45, 2.75) is 108 Å². The van der Waals surface area contributed by atoms with Gasteiger partial charge in [0.25, 0.3) is 0 Å². The third kappa shape index (κ3) is 13.2. The van der Waals surface area contributed by atoms with E-state index in [4.69, 9.17) is 0 Å². The average Bonchev–Trinajstić information content (AvgIpc) is 2.91. The van der Waals surface area contributed by atoms with E-state index in [1.54, 1.807) is 11.1 Å². The Morgan fingerprint density at radius 1 is 0.524 bits per heavy atom. The van der Waals surface area contributed by atoms with Crippen LogP contribution in [0.15, 0.2) is 143 Å². The van der Waals surface area contributed by atoms with Gasteiger partial charge in [0.05, 0.1) is 0 Å². The summed E-state index contributed by atoms with van der Waals surface area (Å²) >= 11 is 0. The Morgan fingerprint density at radius 3 is 1.17 bits per heavy atom. The van der Waals surface area contributed by atoms with Gasteiger partial charge < -0.3 is 0 Å². The first-order valence-electron chi connectivity index (χ1n) is 15.8. The molecule has 0 heterocycles. The van der Waals surface area contributed by atoms with Gasteiger partial charge in [0.2, 0.25) is 0 Å². The van der Waals surface area contributed by atoms with Crippen molar-refractivity contribution in [3.63, 3.8) is 0 Å². The molecule has 0 bridgehead atoms. The van der Waals surface area contributed by atoms with Crippen LogP contribution in [0.4, 0.5) is 0 Å². The Labute approximate surface area is 260 Å². The fraction of sp³-hybridized carbons (Fsp3) is 0.429. The lowest BCUT2D eigenvalue weighted by Gasteiger charge is -2.33. The lowest BCUT2D eigenvalue weighted by Crippen LogP contribution is -2.19. The van der Waals surface area contributed by atoms with E-state index in [0.717, 1.165) is 0 Å². The summed E-state index contributed by atoms with van der Waals surface area (Å²) in [6, 6.07) is 0. The molecule has 0 N–H and O–H groups in total. The smallest absolute Gasteiger partial charge is 0.0104 e. The Kier molecular flexibility index (Phi) is 16.2. The maximum absolute atomic E-state index is 3.00. The molecule has 0 amide bonds. The highest BCUT2D eigenvalue weighted by Gasteiger charge is 2.27. The quantitative estimate of drug-likeness (QED) is 0.183. The standard InChI is InChI=1S/C40H56.C2H4/c1-31(19-13-21-33(3)25-27-37-35(5)23-15-29-39(37,7)8)17-11-12-18-32(2)20-14-22-34(4)26-28-38-36(6)24-16-30-40(38,9)10;1-2/h11-14,17-22,25-28H,15-16,23-24,29-30H2,1-10H3;1-2H2/b12-11+,19-13+,20-14+,27-25+,28-26+,31-17+,32-18+,33-21+,34-22+;. The minimum atomic E-state index is 0.291. The van der Waals surface area contributed by atoms with Gasteiger partial charge >= 0.3 is 0 Å². The molecular weight excluding hydrogens is 504 g/mol. The van der Waals surface area contributed by atoms with Crippen molar-refractivity contribution in [1.82, 2.24) is 0 Å². The normalized spacial score (nSPS) is 21.0. The molecule has 0 nitrogen and oxygen atoms in total. The largest absolute Gasteiger partial charge is 0.106 e. The predicted molar refractivity (Wildman–Crippen MR) is 193 cm³/mol. The topological polar surface area (TPSA) is 0 Å². The summed E-state index contributed by atoms with van der Waals surface area (Å²) in [6.07, 6.45) is 38.4. The van der Waals surface area contributed by atoms with E-state index in [9.17, 15) is 0 Å². The number of hydrogen-bond acceptors (Lipinski definition) is 0. The minimum Gasteiger partial charge on any atom is -0.106 e.